The Labute approximate surface area is 110 Å². The maximum Gasteiger partial charge on any atom is 0.325 e. The molecule has 1 aromatic carbocycles. The molecule has 1 fully saturated rings. The summed E-state index contributed by atoms with van der Waals surface area (Å²) in [7, 11) is 1.43. The zero-order chi connectivity index (χ0) is 14.4. The number of phenols is 1. The highest BCUT2D eigenvalue weighted by atomic mass is 19.1. The summed E-state index contributed by atoms with van der Waals surface area (Å²) in [6.07, 6.45) is 0.495. The number of hydrogen-bond acceptors (Lipinski definition) is 3. The number of aryl methyl sites for hydroxylation is 1. The molecule has 1 saturated heterocycles. The van der Waals surface area contributed by atoms with E-state index in [1.165, 1.54) is 20.0 Å². The Hall–Kier alpha value is -2.11. The topological polar surface area (TPSA) is 69.6 Å². The standard InChI is InChI=1S/C13H15FN2O3/c1-4-7-5-8(9(14)6-10(7)17)13(2)11(18)15-12(19)16(13)3/h5-6,17H,4H2,1-3H3,(H,15,18,19). The molecular weight excluding hydrogens is 251 g/mol. The highest BCUT2D eigenvalue weighted by Crippen LogP contribution is 2.36. The molecule has 1 unspecified atom stereocenters. The average Bonchev–Trinajstić information content (AvgIpc) is 2.54. The fraction of sp³-hybridized carbons (Fsp3) is 0.385. The fourth-order valence-corrected chi connectivity index (χ4v) is 2.22. The van der Waals surface area contributed by atoms with Crippen molar-refractivity contribution < 1.29 is 19.1 Å². The van der Waals surface area contributed by atoms with Gasteiger partial charge in [-0.05, 0) is 25.0 Å². The first kappa shape index (κ1) is 13.3. The minimum absolute atomic E-state index is 0.0769. The number of imide groups is 1. The zero-order valence-electron chi connectivity index (χ0n) is 11.0. The van der Waals surface area contributed by atoms with E-state index in [0.717, 1.165) is 11.0 Å². The van der Waals surface area contributed by atoms with E-state index < -0.39 is 23.3 Å². The van der Waals surface area contributed by atoms with Crippen molar-refractivity contribution >= 4 is 11.9 Å². The molecule has 1 heterocycles. The van der Waals surface area contributed by atoms with Gasteiger partial charge in [-0.3, -0.25) is 10.1 Å². The summed E-state index contributed by atoms with van der Waals surface area (Å²) in [6.45, 7) is 3.28. The van der Waals surface area contributed by atoms with Crippen LogP contribution in [0.5, 0.6) is 5.75 Å². The second-order valence-electron chi connectivity index (χ2n) is 4.70. The van der Waals surface area contributed by atoms with Crippen LogP contribution < -0.4 is 5.32 Å². The van der Waals surface area contributed by atoms with Crippen molar-refractivity contribution in [3.8, 4) is 5.75 Å². The molecule has 0 bridgehead atoms. The van der Waals surface area contributed by atoms with Crippen molar-refractivity contribution in [1.29, 1.82) is 0 Å². The quantitative estimate of drug-likeness (QED) is 0.797. The van der Waals surface area contributed by atoms with Gasteiger partial charge in [0.2, 0.25) is 0 Å². The predicted octanol–water partition coefficient (Wildman–Crippen LogP) is 1.49. The predicted molar refractivity (Wildman–Crippen MR) is 66.1 cm³/mol. The van der Waals surface area contributed by atoms with Crippen molar-refractivity contribution in [2.24, 2.45) is 0 Å². The third-order valence-electron chi connectivity index (χ3n) is 3.71. The molecule has 0 radical (unpaired) electrons. The van der Waals surface area contributed by atoms with Gasteiger partial charge in [0.25, 0.3) is 5.91 Å². The number of nitrogens with zero attached hydrogens (tertiary/aromatic N) is 1. The van der Waals surface area contributed by atoms with E-state index in [-0.39, 0.29) is 11.3 Å². The van der Waals surface area contributed by atoms with E-state index in [1.807, 2.05) is 6.92 Å². The molecule has 0 aliphatic carbocycles. The van der Waals surface area contributed by atoms with Crippen LogP contribution in [-0.2, 0) is 16.8 Å². The summed E-state index contributed by atoms with van der Waals surface area (Å²) in [5.41, 5.74) is -0.801. The normalized spacial score (nSPS) is 22.8. The molecule has 0 saturated carbocycles. The van der Waals surface area contributed by atoms with Gasteiger partial charge in [-0.15, -0.1) is 0 Å². The Morgan fingerprint density at radius 2 is 2.05 bits per heavy atom. The summed E-state index contributed by atoms with van der Waals surface area (Å²) >= 11 is 0. The van der Waals surface area contributed by atoms with E-state index in [4.69, 9.17) is 0 Å². The van der Waals surface area contributed by atoms with Crippen molar-refractivity contribution in [1.82, 2.24) is 10.2 Å². The molecule has 1 aromatic rings. The van der Waals surface area contributed by atoms with Gasteiger partial charge in [0.15, 0.2) is 0 Å². The smallest absolute Gasteiger partial charge is 0.325 e. The molecule has 2 rings (SSSR count). The molecule has 3 amide bonds. The molecule has 19 heavy (non-hydrogen) atoms. The average molecular weight is 266 g/mol. The molecule has 2 N–H and O–H groups in total. The Kier molecular flexibility index (Phi) is 2.96. The SMILES string of the molecule is CCc1cc(C2(C)C(=O)NC(=O)N2C)c(F)cc1O. The van der Waals surface area contributed by atoms with Crippen LogP contribution >= 0.6 is 0 Å². The number of phenolic OH excluding ortho intramolecular Hbond substituents is 1. The number of benzene rings is 1. The van der Waals surface area contributed by atoms with Crippen molar-refractivity contribution in [3.63, 3.8) is 0 Å². The molecule has 6 heteroatoms. The first-order valence-electron chi connectivity index (χ1n) is 5.93. The number of amides is 3. The van der Waals surface area contributed by atoms with Gasteiger partial charge >= 0.3 is 6.03 Å². The lowest BCUT2D eigenvalue weighted by Gasteiger charge is -2.29. The first-order chi connectivity index (χ1) is 8.82. The number of hydrogen-bond donors (Lipinski definition) is 2. The number of rotatable bonds is 2. The van der Waals surface area contributed by atoms with E-state index in [9.17, 15) is 19.1 Å². The van der Waals surface area contributed by atoms with Gasteiger partial charge < -0.3 is 10.0 Å². The minimum Gasteiger partial charge on any atom is -0.508 e. The molecule has 5 nitrogen and oxygen atoms in total. The van der Waals surface area contributed by atoms with Gasteiger partial charge in [0.05, 0.1) is 0 Å². The van der Waals surface area contributed by atoms with Crippen LogP contribution in [0.2, 0.25) is 0 Å². The minimum atomic E-state index is -1.40. The third kappa shape index (κ3) is 1.75. The summed E-state index contributed by atoms with van der Waals surface area (Å²) in [6, 6.07) is 1.83. The summed E-state index contributed by atoms with van der Waals surface area (Å²) in [4.78, 5) is 24.6. The summed E-state index contributed by atoms with van der Waals surface area (Å²) in [5.74, 6) is -1.44. The van der Waals surface area contributed by atoms with Gasteiger partial charge in [-0.2, -0.15) is 0 Å². The fourth-order valence-electron chi connectivity index (χ4n) is 2.22. The second-order valence-corrected chi connectivity index (χ2v) is 4.70. The molecular formula is C13H15FN2O3. The van der Waals surface area contributed by atoms with E-state index in [1.54, 1.807) is 0 Å². The van der Waals surface area contributed by atoms with Crippen LogP contribution in [0.25, 0.3) is 0 Å². The van der Waals surface area contributed by atoms with Gasteiger partial charge in [0, 0.05) is 18.7 Å². The number of urea groups is 1. The van der Waals surface area contributed by atoms with Gasteiger partial charge in [0.1, 0.15) is 17.1 Å². The summed E-state index contributed by atoms with van der Waals surface area (Å²) in [5, 5.41) is 11.8. The molecule has 0 spiro atoms. The molecule has 102 valence electrons. The van der Waals surface area contributed by atoms with Crippen LogP contribution in [0.15, 0.2) is 12.1 Å². The highest BCUT2D eigenvalue weighted by Gasteiger charge is 2.50. The number of likely N-dealkylation sites (N-methyl/N-ethyl adjacent to an activating group) is 1. The first-order valence-corrected chi connectivity index (χ1v) is 5.93. The van der Waals surface area contributed by atoms with Crippen molar-refractivity contribution in [3.05, 3.63) is 29.1 Å². The summed E-state index contributed by atoms with van der Waals surface area (Å²) < 4.78 is 14.1. The van der Waals surface area contributed by atoms with Crippen molar-refractivity contribution in [2.45, 2.75) is 25.8 Å². The van der Waals surface area contributed by atoms with Crippen LogP contribution in [0.4, 0.5) is 9.18 Å². The Morgan fingerprint density at radius 3 is 2.53 bits per heavy atom. The number of halogens is 1. The lowest BCUT2D eigenvalue weighted by atomic mass is 9.88. The van der Waals surface area contributed by atoms with Crippen LogP contribution in [0.3, 0.4) is 0 Å². The number of carbonyl (C=O) groups excluding carboxylic acids is 2. The largest absolute Gasteiger partial charge is 0.508 e. The zero-order valence-corrected chi connectivity index (χ0v) is 11.0. The van der Waals surface area contributed by atoms with Crippen LogP contribution in [0.1, 0.15) is 25.0 Å². The monoisotopic (exact) mass is 266 g/mol. The number of nitrogens with one attached hydrogen (secondary N) is 1. The Morgan fingerprint density at radius 1 is 1.42 bits per heavy atom. The maximum atomic E-state index is 14.1. The van der Waals surface area contributed by atoms with E-state index in [2.05, 4.69) is 5.32 Å². The van der Waals surface area contributed by atoms with E-state index >= 15 is 0 Å². The van der Waals surface area contributed by atoms with Crippen LogP contribution in [-0.4, -0.2) is 29.0 Å². The Balaban J connectivity index is 2.64. The molecule has 0 aromatic heterocycles. The lowest BCUT2D eigenvalue weighted by Crippen LogP contribution is -2.42. The third-order valence-corrected chi connectivity index (χ3v) is 3.71. The van der Waals surface area contributed by atoms with Gasteiger partial charge in [-0.1, -0.05) is 6.92 Å². The maximum absolute atomic E-state index is 14.1. The van der Waals surface area contributed by atoms with Crippen LogP contribution in [0, 0.1) is 5.82 Å². The van der Waals surface area contributed by atoms with E-state index in [0.29, 0.717) is 12.0 Å². The van der Waals surface area contributed by atoms with Gasteiger partial charge in [-0.25, -0.2) is 9.18 Å². The molecule has 1 aliphatic rings. The second kappa shape index (κ2) is 4.22. The van der Waals surface area contributed by atoms with Crippen molar-refractivity contribution in [2.75, 3.05) is 7.05 Å². The number of carbonyl (C=O) groups is 2. The highest BCUT2D eigenvalue weighted by molar-refractivity contribution is 6.07. The number of aromatic hydroxyl groups is 1. The Bertz CT molecular complexity index is 573. The molecule has 1 aliphatic heterocycles. The molecule has 1 atom stereocenters. The lowest BCUT2D eigenvalue weighted by molar-refractivity contribution is -0.126.